The van der Waals surface area contributed by atoms with E-state index in [4.69, 9.17) is 10.5 Å². The number of amides is 1. The van der Waals surface area contributed by atoms with Gasteiger partial charge in [-0.25, -0.2) is 4.79 Å². The summed E-state index contributed by atoms with van der Waals surface area (Å²) in [5.41, 5.74) is 5.55. The van der Waals surface area contributed by atoms with Gasteiger partial charge in [-0.3, -0.25) is 0 Å². The minimum atomic E-state index is -0.760. The Morgan fingerprint density at radius 2 is 2.14 bits per heavy atom. The summed E-state index contributed by atoms with van der Waals surface area (Å²) < 4.78 is 4.96. The maximum absolute atomic E-state index is 10.6. The molecule has 0 bridgehead atoms. The Kier molecular flexibility index (Phi) is 4.99. The predicted molar refractivity (Wildman–Crippen MR) is 57.9 cm³/mol. The van der Waals surface area contributed by atoms with Crippen LogP contribution in [0.5, 0.6) is 0 Å². The summed E-state index contributed by atoms with van der Waals surface area (Å²) in [5.74, 6) is 0. The second kappa shape index (κ2) is 5.47. The van der Waals surface area contributed by atoms with E-state index in [9.17, 15) is 4.79 Å². The van der Waals surface area contributed by atoms with Gasteiger partial charge in [0.1, 0.15) is 5.60 Å². The van der Waals surface area contributed by atoms with Crippen molar-refractivity contribution in [2.75, 3.05) is 0 Å². The van der Waals surface area contributed by atoms with Gasteiger partial charge in [0.2, 0.25) is 0 Å². The van der Waals surface area contributed by atoms with Gasteiger partial charge in [-0.15, -0.1) is 0 Å². The highest BCUT2D eigenvalue weighted by molar-refractivity contribution is 5.65. The molecule has 3 heteroatoms. The van der Waals surface area contributed by atoms with Gasteiger partial charge in [0.05, 0.1) is 0 Å². The van der Waals surface area contributed by atoms with Crippen LogP contribution >= 0.6 is 0 Å². The number of primary amides is 1. The third kappa shape index (κ3) is 5.41. The van der Waals surface area contributed by atoms with Crippen LogP contribution in [0.15, 0.2) is 24.3 Å². The van der Waals surface area contributed by atoms with Crippen molar-refractivity contribution in [2.24, 2.45) is 5.73 Å². The van der Waals surface area contributed by atoms with Crippen LogP contribution in [-0.4, -0.2) is 11.7 Å². The number of hydrogen-bond donors (Lipinski definition) is 1. The van der Waals surface area contributed by atoms with Crippen molar-refractivity contribution in [3.63, 3.8) is 0 Å². The largest absolute Gasteiger partial charge is 0.439 e. The molecule has 0 saturated heterocycles. The minimum absolute atomic E-state index is 0.655. The molecule has 0 aliphatic carbocycles. The SMILES string of the molecule is C=CC(C)(CCC=C(C)C)OC(N)=O. The molecule has 80 valence electrons. The Bertz CT molecular complexity index is 242. The van der Waals surface area contributed by atoms with Gasteiger partial charge in [0, 0.05) is 0 Å². The van der Waals surface area contributed by atoms with E-state index in [1.807, 2.05) is 13.8 Å². The molecule has 0 radical (unpaired) electrons. The molecule has 1 atom stereocenters. The standard InChI is InChI=1S/C11H19NO2/c1-5-11(4,14-10(12)13)8-6-7-9(2)3/h5,7H,1,6,8H2,2-4H3,(H2,12,13). The predicted octanol–water partition coefficient (Wildman–Crippen LogP) is 2.77. The molecule has 2 N–H and O–H groups in total. The Balaban J connectivity index is 4.19. The van der Waals surface area contributed by atoms with Crippen LogP contribution in [0, 0.1) is 0 Å². The number of carbonyl (C=O) groups is 1. The van der Waals surface area contributed by atoms with E-state index in [-0.39, 0.29) is 0 Å². The molecular weight excluding hydrogens is 178 g/mol. The zero-order valence-corrected chi connectivity index (χ0v) is 9.17. The summed E-state index contributed by atoms with van der Waals surface area (Å²) in [7, 11) is 0. The molecule has 1 amide bonds. The van der Waals surface area contributed by atoms with E-state index < -0.39 is 11.7 Å². The van der Waals surface area contributed by atoms with Gasteiger partial charge in [-0.2, -0.15) is 0 Å². The maximum atomic E-state index is 10.6. The molecule has 14 heavy (non-hydrogen) atoms. The zero-order chi connectivity index (χ0) is 11.2. The van der Waals surface area contributed by atoms with Crippen molar-refractivity contribution in [3.05, 3.63) is 24.3 Å². The topological polar surface area (TPSA) is 52.3 Å². The molecule has 0 aromatic heterocycles. The first kappa shape index (κ1) is 12.8. The van der Waals surface area contributed by atoms with Gasteiger partial charge in [0.25, 0.3) is 0 Å². The van der Waals surface area contributed by atoms with Crippen molar-refractivity contribution < 1.29 is 9.53 Å². The Morgan fingerprint density at radius 1 is 1.57 bits per heavy atom. The maximum Gasteiger partial charge on any atom is 0.405 e. The Hall–Kier alpha value is -1.25. The van der Waals surface area contributed by atoms with Gasteiger partial charge >= 0.3 is 6.09 Å². The lowest BCUT2D eigenvalue weighted by molar-refractivity contribution is 0.0618. The van der Waals surface area contributed by atoms with Crippen molar-refractivity contribution in [1.29, 1.82) is 0 Å². The van der Waals surface area contributed by atoms with Crippen LogP contribution in [-0.2, 0) is 4.74 Å². The van der Waals surface area contributed by atoms with Gasteiger partial charge in [-0.1, -0.05) is 18.2 Å². The fraction of sp³-hybridized carbons (Fsp3) is 0.545. The van der Waals surface area contributed by atoms with Crippen LogP contribution in [0.3, 0.4) is 0 Å². The fourth-order valence-corrected chi connectivity index (χ4v) is 1.07. The summed E-state index contributed by atoms with van der Waals surface area (Å²) in [6.45, 7) is 9.48. The highest BCUT2D eigenvalue weighted by atomic mass is 16.6. The summed E-state index contributed by atoms with van der Waals surface area (Å²) >= 11 is 0. The molecule has 0 spiro atoms. The molecule has 0 fully saturated rings. The number of ether oxygens (including phenoxy) is 1. The first-order valence-corrected chi connectivity index (χ1v) is 4.65. The lowest BCUT2D eigenvalue weighted by Crippen LogP contribution is -2.31. The van der Waals surface area contributed by atoms with E-state index in [0.29, 0.717) is 6.42 Å². The van der Waals surface area contributed by atoms with Crippen LogP contribution in [0.1, 0.15) is 33.6 Å². The zero-order valence-electron chi connectivity index (χ0n) is 9.17. The number of hydrogen-bond acceptors (Lipinski definition) is 2. The highest BCUT2D eigenvalue weighted by Gasteiger charge is 2.22. The average Bonchev–Trinajstić information content (AvgIpc) is 2.02. The van der Waals surface area contributed by atoms with E-state index in [1.54, 1.807) is 13.0 Å². The number of allylic oxidation sites excluding steroid dienone is 2. The fourth-order valence-electron chi connectivity index (χ4n) is 1.07. The lowest BCUT2D eigenvalue weighted by atomic mass is 9.99. The molecular formula is C11H19NO2. The van der Waals surface area contributed by atoms with Crippen LogP contribution in [0.4, 0.5) is 4.79 Å². The van der Waals surface area contributed by atoms with Crippen molar-refractivity contribution >= 4 is 6.09 Å². The molecule has 0 aliphatic heterocycles. The normalized spacial score (nSPS) is 13.9. The van der Waals surface area contributed by atoms with Gasteiger partial charge in [-0.05, 0) is 39.7 Å². The van der Waals surface area contributed by atoms with Crippen molar-refractivity contribution in [2.45, 2.75) is 39.2 Å². The Labute approximate surface area is 85.6 Å². The van der Waals surface area contributed by atoms with Crippen molar-refractivity contribution in [3.8, 4) is 0 Å². The number of rotatable bonds is 5. The molecule has 0 aliphatic rings. The number of carbonyl (C=O) groups excluding carboxylic acids is 1. The monoisotopic (exact) mass is 197 g/mol. The van der Waals surface area contributed by atoms with E-state index in [2.05, 4.69) is 12.7 Å². The van der Waals surface area contributed by atoms with E-state index in [0.717, 1.165) is 6.42 Å². The first-order chi connectivity index (χ1) is 6.39. The molecule has 0 aromatic carbocycles. The molecule has 1 unspecified atom stereocenters. The highest BCUT2D eigenvalue weighted by Crippen LogP contribution is 2.19. The van der Waals surface area contributed by atoms with Gasteiger partial charge in [0.15, 0.2) is 0 Å². The Morgan fingerprint density at radius 3 is 2.50 bits per heavy atom. The second-order valence-corrected chi connectivity index (χ2v) is 3.76. The molecule has 0 saturated carbocycles. The van der Waals surface area contributed by atoms with E-state index in [1.165, 1.54) is 5.57 Å². The second-order valence-electron chi connectivity index (χ2n) is 3.76. The smallest absolute Gasteiger partial charge is 0.405 e. The molecule has 0 heterocycles. The van der Waals surface area contributed by atoms with Crippen LogP contribution < -0.4 is 5.73 Å². The summed E-state index contributed by atoms with van der Waals surface area (Å²) in [6, 6.07) is 0. The van der Waals surface area contributed by atoms with Crippen LogP contribution in [0.25, 0.3) is 0 Å². The lowest BCUT2D eigenvalue weighted by Gasteiger charge is -2.24. The first-order valence-electron chi connectivity index (χ1n) is 4.65. The third-order valence-electron chi connectivity index (χ3n) is 1.96. The van der Waals surface area contributed by atoms with Crippen LogP contribution in [0.2, 0.25) is 0 Å². The quantitative estimate of drug-likeness (QED) is 0.689. The molecule has 3 nitrogen and oxygen atoms in total. The summed E-state index contributed by atoms with van der Waals surface area (Å²) in [5, 5.41) is 0. The van der Waals surface area contributed by atoms with Crippen molar-refractivity contribution in [1.82, 2.24) is 0 Å². The minimum Gasteiger partial charge on any atom is -0.439 e. The molecule has 0 rings (SSSR count). The average molecular weight is 197 g/mol. The number of nitrogens with two attached hydrogens (primary N) is 1. The molecule has 0 aromatic rings. The van der Waals surface area contributed by atoms with Gasteiger partial charge < -0.3 is 10.5 Å². The summed E-state index contributed by atoms with van der Waals surface area (Å²) in [4.78, 5) is 10.6. The third-order valence-corrected chi connectivity index (χ3v) is 1.96. The van der Waals surface area contributed by atoms with E-state index >= 15 is 0 Å². The summed E-state index contributed by atoms with van der Waals surface area (Å²) in [6.07, 6.45) is 4.48.